The summed E-state index contributed by atoms with van der Waals surface area (Å²) >= 11 is 0. The second-order valence-corrected chi connectivity index (χ2v) is 6.35. The summed E-state index contributed by atoms with van der Waals surface area (Å²) in [4.78, 5) is 29.6. The molecule has 3 amide bonds. The lowest BCUT2D eigenvalue weighted by Gasteiger charge is -2.36. The molecule has 23 heavy (non-hydrogen) atoms. The van der Waals surface area contributed by atoms with E-state index in [4.69, 9.17) is 0 Å². The van der Waals surface area contributed by atoms with Gasteiger partial charge in [0.2, 0.25) is 0 Å². The standard InChI is InChI=1S/C18H29N3O2/c1-7-16(9-8-15(4)14(2)3)17(22)20-10-12-21(13-11-20)18(23)19(5)6/h7-9,14H,1,10-13H2,2-6H3/b15-8+,16-9+. The number of carbonyl (C=O) groups is 2. The topological polar surface area (TPSA) is 43.9 Å². The van der Waals surface area contributed by atoms with E-state index >= 15 is 0 Å². The monoisotopic (exact) mass is 319 g/mol. The lowest BCUT2D eigenvalue weighted by Crippen LogP contribution is -2.53. The Morgan fingerprint density at radius 1 is 1.04 bits per heavy atom. The van der Waals surface area contributed by atoms with Gasteiger partial charge in [-0.1, -0.05) is 38.2 Å². The lowest BCUT2D eigenvalue weighted by atomic mass is 10.0. The molecule has 5 heteroatoms. The Morgan fingerprint density at radius 2 is 1.57 bits per heavy atom. The van der Waals surface area contributed by atoms with Gasteiger partial charge in [-0.2, -0.15) is 0 Å². The van der Waals surface area contributed by atoms with Crippen molar-refractivity contribution in [3.05, 3.63) is 36.0 Å². The molecule has 1 aliphatic rings. The molecule has 0 bridgehead atoms. The van der Waals surface area contributed by atoms with E-state index < -0.39 is 0 Å². The molecule has 0 aromatic rings. The van der Waals surface area contributed by atoms with Gasteiger partial charge in [0.1, 0.15) is 0 Å². The van der Waals surface area contributed by atoms with Crippen LogP contribution >= 0.6 is 0 Å². The Kier molecular flexibility index (Phi) is 7.07. The van der Waals surface area contributed by atoms with Gasteiger partial charge in [-0.15, -0.1) is 0 Å². The van der Waals surface area contributed by atoms with Crippen LogP contribution in [0.2, 0.25) is 0 Å². The van der Waals surface area contributed by atoms with Crippen molar-refractivity contribution in [2.24, 2.45) is 5.92 Å². The van der Waals surface area contributed by atoms with E-state index in [0.29, 0.717) is 37.7 Å². The van der Waals surface area contributed by atoms with Crippen molar-refractivity contribution < 1.29 is 9.59 Å². The zero-order valence-corrected chi connectivity index (χ0v) is 15.0. The van der Waals surface area contributed by atoms with Gasteiger partial charge >= 0.3 is 6.03 Å². The first-order valence-corrected chi connectivity index (χ1v) is 8.04. The predicted molar refractivity (Wildman–Crippen MR) is 94.1 cm³/mol. The number of carbonyl (C=O) groups excluding carboxylic acids is 2. The molecule has 1 aliphatic heterocycles. The smallest absolute Gasteiger partial charge is 0.319 e. The van der Waals surface area contributed by atoms with Crippen molar-refractivity contribution in [3.8, 4) is 0 Å². The van der Waals surface area contributed by atoms with Gasteiger partial charge in [0.05, 0.1) is 0 Å². The first kappa shape index (κ1) is 19.0. The molecule has 0 unspecified atom stereocenters. The molecule has 0 saturated carbocycles. The van der Waals surface area contributed by atoms with Gasteiger partial charge in [-0.25, -0.2) is 4.79 Å². The minimum Gasteiger partial charge on any atom is -0.335 e. The van der Waals surface area contributed by atoms with Crippen LogP contribution in [-0.2, 0) is 4.79 Å². The van der Waals surface area contributed by atoms with Crippen molar-refractivity contribution in [2.45, 2.75) is 20.8 Å². The SMILES string of the molecule is C=C/C(=C\C=C(/C)C(C)C)C(=O)N1CCN(C(=O)N(C)C)CC1. The fourth-order valence-corrected chi connectivity index (χ4v) is 2.21. The Labute approximate surface area is 139 Å². The van der Waals surface area contributed by atoms with E-state index in [1.165, 1.54) is 5.57 Å². The highest BCUT2D eigenvalue weighted by atomic mass is 16.2. The number of nitrogens with zero attached hydrogens (tertiary/aromatic N) is 3. The van der Waals surface area contributed by atoms with Crippen LogP contribution in [0.4, 0.5) is 4.79 Å². The van der Waals surface area contributed by atoms with Gasteiger partial charge in [-0.3, -0.25) is 4.79 Å². The Hall–Kier alpha value is -2.04. The summed E-state index contributed by atoms with van der Waals surface area (Å²) < 4.78 is 0. The van der Waals surface area contributed by atoms with E-state index in [1.807, 2.05) is 12.2 Å². The number of rotatable bonds is 4. The van der Waals surface area contributed by atoms with Gasteiger partial charge in [-0.05, 0) is 18.9 Å². The van der Waals surface area contributed by atoms with E-state index in [-0.39, 0.29) is 11.9 Å². The van der Waals surface area contributed by atoms with Crippen molar-refractivity contribution in [1.29, 1.82) is 0 Å². The third kappa shape index (κ3) is 5.27. The molecule has 0 aliphatic carbocycles. The average molecular weight is 319 g/mol. The van der Waals surface area contributed by atoms with Crippen LogP contribution in [0, 0.1) is 5.92 Å². The quantitative estimate of drug-likeness (QED) is 0.590. The Balaban J connectivity index is 2.71. The summed E-state index contributed by atoms with van der Waals surface area (Å²) in [6.45, 7) is 12.3. The molecule has 0 spiro atoms. The zero-order valence-electron chi connectivity index (χ0n) is 15.0. The fourth-order valence-electron chi connectivity index (χ4n) is 2.21. The van der Waals surface area contributed by atoms with Crippen molar-refractivity contribution in [1.82, 2.24) is 14.7 Å². The van der Waals surface area contributed by atoms with E-state index in [9.17, 15) is 9.59 Å². The van der Waals surface area contributed by atoms with Gasteiger partial charge in [0.25, 0.3) is 5.91 Å². The second kappa shape index (κ2) is 8.56. The van der Waals surface area contributed by atoms with Crippen LogP contribution in [0.3, 0.4) is 0 Å². The Bertz CT molecular complexity index is 510. The molecule has 0 aromatic heterocycles. The average Bonchev–Trinajstić information content (AvgIpc) is 2.54. The van der Waals surface area contributed by atoms with Crippen molar-refractivity contribution in [2.75, 3.05) is 40.3 Å². The molecule has 0 radical (unpaired) electrons. The molecule has 0 aromatic carbocycles. The molecular formula is C18H29N3O2. The largest absolute Gasteiger partial charge is 0.335 e. The molecule has 1 rings (SSSR count). The Morgan fingerprint density at radius 3 is 2.00 bits per heavy atom. The number of hydrogen-bond acceptors (Lipinski definition) is 2. The van der Waals surface area contributed by atoms with Crippen LogP contribution in [0.1, 0.15) is 20.8 Å². The highest BCUT2D eigenvalue weighted by Crippen LogP contribution is 2.12. The normalized spacial score (nSPS) is 16.6. The highest BCUT2D eigenvalue weighted by Gasteiger charge is 2.25. The van der Waals surface area contributed by atoms with Gasteiger partial charge < -0.3 is 14.7 Å². The third-order valence-corrected chi connectivity index (χ3v) is 4.12. The molecule has 0 atom stereocenters. The van der Waals surface area contributed by atoms with E-state index in [0.717, 1.165) is 0 Å². The predicted octanol–water partition coefficient (Wildman–Crippen LogP) is 2.53. The van der Waals surface area contributed by atoms with Crippen molar-refractivity contribution >= 4 is 11.9 Å². The summed E-state index contributed by atoms with van der Waals surface area (Å²) in [5.41, 5.74) is 1.82. The minimum atomic E-state index is -0.0234. The van der Waals surface area contributed by atoms with E-state index in [2.05, 4.69) is 27.4 Å². The molecule has 128 valence electrons. The second-order valence-electron chi connectivity index (χ2n) is 6.35. The molecule has 1 heterocycles. The number of allylic oxidation sites excluding steroid dienone is 3. The van der Waals surface area contributed by atoms with Crippen LogP contribution in [0.25, 0.3) is 0 Å². The summed E-state index contributed by atoms with van der Waals surface area (Å²) in [5.74, 6) is 0.428. The van der Waals surface area contributed by atoms with Crippen LogP contribution in [0.15, 0.2) is 36.0 Å². The first-order valence-electron chi connectivity index (χ1n) is 8.04. The van der Waals surface area contributed by atoms with Crippen molar-refractivity contribution in [3.63, 3.8) is 0 Å². The molecule has 5 nitrogen and oxygen atoms in total. The number of amides is 3. The minimum absolute atomic E-state index is 0.00734. The fraction of sp³-hybridized carbons (Fsp3) is 0.556. The number of urea groups is 1. The highest BCUT2D eigenvalue weighted by molar-refractivity contribution is 5.96. The maximum Gasteiger partial charge on any atom is 0.319 e. The lowest BCUT2D eigenvalue weighted by molar-refractivity contribution is -0.128. The molecule has 0 N–H and O–H groups in total. The third-order valence-electron chi connectivity index (χ3n) is 4.12. The van der Waals surface area contributed by atoms with Gasteiger partial charge in [0, 0.05) is 45.8 Å². The summed E-state index contributed by atoms with van der Waals surface area (Å²) in [6, 6.07) is -0.00734. The van der Waals surface area contributed by atoms with E-state index in [1.54, 1.807) is 34.9 Å². The van der Waals surface area contributed by atoms with Crippen LogP contribution < -0.4 is 0 Å². The number of hydrogen-bond donors (Lipinski definition) is 0. The first-order chi connectivity index (χ1) is 10.8. The molecular weight excluding hydrogens is 290 g/mol. The summed E-state index contributed by atoms with van der Waals surface area (Å²) in [7, 11) is 3.48. The van der Waals surface area contributed by atoms with Crippen LogP contribution in [0.5, 0.6) is 0 Å². The molecule has 1 saturated heterocycles. The molecule has 1 fully saturated rings. The van der Waals surface area contributed by atoms with Gasteiger partial charge in [0.15, 0.2) is 0 Å². The maximum absolute atomic E-state index is 12.6. The number of piperazine rings is 1. The summed E-state index contributed by atoms with van der Waals surface area (Å²) in [5, 5.41) is 0. The van der Waals surface area contributed by atoms with Crippen LogP contribution in [-0.4, -0.2) is 66.9 Å². The maximum atomic E-state index is 12.6. The zero-order chi connectivity index (χ0) is 17.6. The summed E-state index contributed by atoms with van der Waals surface area (Å²) in [6.07, 6.45) is 5.41.